The zero-order chi connectivity index (χ0) is 8.27. The number of hydrogen-bond acceptors (Lipinski definition) is 4. The number of thiol groups is 1. The monoisotopic (exact) mass is 176 g/mol. The van der Waals surface area contributed by atoms with Crippen molar-refractivity contribution in [1.82, 2.24) is 9.21 Å². The third-order valence-corrected chi connectivity index (χ3v) is 2.48. The van der Waals surface area contributed by atoms with Gasteiger partial charge in [0, 0.05) is 32.8 Å². The standard InChI is InChI=1S/C7H16N2OS/c1-8-3-4-9(11)5-7(8)6-10-2/h7,11H,3-6H2,1-2H3/t7-/m0/s1. The van der Waals surface area contributed by atoms with Crippen molar-refractivity contribution in [3.8, 4) is 0 Å². The summed E-state index contributed by atoms with van der Waals surface area (Å²) < 4.78 is 7.14. The summed E-state index contributed by atoms with van der Waals surface area (Å²) in [6.45, 7) is 3.92. The van der Waals surface area contributed by atoms with E-state index in [0.717, 1.165) is 26.2 Å². The third-order valence-electron chi connectivity index (χ3n) is 2.11. The number of hydrogen-bond donors (Lipinski definition) is 1. The zero-order valence-electron chi connectivity index (χ0n) is 7.16. The summed E-state index contributed by atoms with van der Waals surface area (Å²) in [5.41, 5.74) is 0. The van der Waals surface area contributed by atoms with E-state index < -0.39 is 0 Å². The van der Waals surface area contributed by atoms with Crippen molar-refractivity contribution >= 4 is 12.8 Å². The van der Waals surface area contributed by atoms with Crippen LogP contribution >= 0.6 is 12.8 Å². The largest absolute Gasteiger partial charge is 0.383 e. The van der Waals surface area contributed by atoms with E-state index >= 15 is 0 Å². The first-order valence-electron chi connectivity index (χ1n) is 3.87. The van der Waals surface area contributed by atoms with Gasteiger partial charge in [-0.2, -0.15) is 0 Å². The van der Waals surface area contributed by atoms with E-state index in [1.165, 1.54) is 0 Å². The average molecular weight is 176 g/mol. The lowest BCUT2D eigenvalue weighted by atomic mass is 10.2. The first kappa shape index (κ1) is 9.32. The second kappa shape index (κ2) is 4.30. The number of methoxy groups -OCH3 is 1. The highest BCUT2D eigenvalue weighted by Gasteiger charge is 2.21. The SMILES string of the molecule is COC[C@@H]1CN(S)CCN1C. The molecule has 1 saturated heterocycles. The molecule has 1 fully saturated rings. The maximum Gasteiger partial charge on any atom is 0.0630 e. The Kier molecular flexibility index (Phi) is 3.65. The highest BCUT2D eigenvalue weighted by Crippen LogP contribution is 2.08. The summed E-state index contributed by atoms with van der Waals surface area (Å²) >= 11 is 4.31. The smallest absolute Gasteiger partial charge is 0.0630 e. The second-order valence-corrected chi connectivity index (χ2v) is 3.57. The van der Waals surface area contributed by atoms with Crippen LogP contribution in [0.1, 0.15) is 0 Å². The zero-order valence-corrected chi connectivity index (χ0v) is 8.05. The minimum atomic E-state index is 0.506. The van der Waals surface area contributed by atoms with Crippen LogP contribution < -0.4 is 0 Å². The number of likely N-dealkylation sites (N-methyl/N-ethyl adjacent to an activating group) is 1. The van der Waals surface area contributed by atoms with Gasteiger partial charge in [-0.05, 0) is 7.05 Å². The molecule has 11 heavy (non-hydrogen) atoms. The first-order chi connectivity index (χ1) is 5.24. The van der Waals surface area contributed by atoms with Gasteiger partial charge in [-0.15, -0.1) is 0 Å². The Morgan fingerprint density at radius 3 is 2.91 bits per heavy atom. The van der Waals surface area contributed by atoms with Gasteiger partial charge in [-0.3, -0.25) is 9.21 Å². The van der Waals surface area contributed by atoms with E-state index in [4.69, 9.17) is 4.74 Å². The molecule has 3 nitrogen and oxygen atoms in total. The molecule has 4 heteroatoms. The normalized spacial score (nSPS) is 29.2. The molecule has 1 atom stereocenters. The molecule has 0 N–H and O–H groups in total. The fourth-order valence-electron chi connectivity index (χ4n) is 1.30. The van der Waals surface area contributed by atoms with Crippen LogP contribution in [0.4, 0.5) is 0 Å². The summed E-state index contributed by atoms with van der Waals surface area (Å²) in [7, 11) is 3.87. The minimum Gasteiger partial charge on any atom is -0.383 e. The predicted octanol–water partition coefficient (Wildman–Crippen LogP) is 0.0936. The first-order valence-corrected chi connectivity index (χ1v) is 4.27. The van der Waals surface area contributed by atoms with Gasteiger partial charge in [0.05, 0.1) is 6.61 Å². The summed E-state index contributed by atoms with van der Waals surface area (Å²) in [5, 5.41) is 0. The van der Waals surface area contributed by atoms with Crippen molar-refractivity contribution in [2.45, 2.75) is 6.04 Å². The van der Waals surface area contributed by atoms with Gasteiger partial charge < -0.3 is 4.74 Å². The van der Waals surface area contributed by atoms with Gasteiger partial charge in [0.2, 0.25) is 0 Å². The highest BCUT2D eigenvalue weighted by atomic mass is 32.1. The quantitative estimate of drug-likeness (QED) is 0.601. The van der Waals surface area contributed by atoms with Crippen LogP contribution in [-0.4, -0.2) is 55.6 Å². The van der Waals surface area contributed by atoms with Gasteiger partial charge >= 0.3 is 0 Å². The Morgan fingerprint density at radius 2 is 2.27 bits per heavy atom. The molecule has 0 amide bonds. The highest BCUT2D eigenvalue weighted by molar-refractivity contribution is 7.77. The molecule has 0 spiro atoms. The van der Waals surface area contributed by atoms with E-state index in [1.54, 1.807) is 7.11 Å². The molecular formula is C7H16N2OS. The van der Waals surface area contributed by atoms with Crippen LogP contribution in [-0.2, 0) is 4.74 Å². The van der Waals surface area contributed by atoms with E-state index in [-0.39, 0.29) is 0 Å². The number of piperazine rings is 1. The second-order valence-electron chi connectivity index (χ2n) is 3.00. The van der Waals surface area contributed by atoms with Crippen molar-refractivity contribution in [1.29, 1.82) is 0 Å². The number of rotatable bonds is 2. The Labute approximate surface area is 73.8 Å². The number of ether oxygens (including phenoxy) is 1. The molecule has 0 aliphatic carbocycles. The van der Waals surface area contributed by atoms with Gasteiger partial charge in [0.15, 0.2) is 0 Å². The Bertz CT molecular complexity index is 123. The molecule has 1 rings (SSSR count). The minimum absolute atomic E-state index is 0.506. The lowest BCUT2D eigenvalue weighted by Gasteiger charge is -2.36. The molecule has 0 bridgehead atoms. The molecule has 0 aromatic rings. The topological polar surface area (TPSA) is 15.7 Å². The van der Waals surface area contributed by atoms with Crippen LogP contribution in [0.2, 0.25) is 0 Å². The molecule has 1 heterocycles. The van der Waals surface area contributed by atoms with Gasteiger partial charge in [-0.25, -0.2) is 0 Å². The lowest BCUT2D eigenvalue weighted by molar-refractivity contribution is 0.0709. The molecule has 1 aliphatic rings. The van der Waals surface area contributed by atoms with Crippen LogP contribution in [0.3, 0.4) is 0 Å². The molecule has 0 saturated carbocycles. The Morgan fingerprint density at radius 1 is 1.55 bits per heavy atom. The van der Waals surface area contributed by atoms with Crippen molar-refractivity contribution in [2.75, 3.05) is 40.4 Å². The van der Waals surface area contributed by atoms with Crippen LogP contribution in [0.25, 0.3) is 0 Å². The molecule has 1 aliphatic heterocycles. The summed E-state index contributed by atoms with van der Waals surface area (Å²) in [6, 6.07) is 0.506. The predicted molar refractivity (Wildman–Crippen MR) is 48.9 cm³/mol. The maximum absolute atomic E-state index is 5.10. The fourth-order valence-corrected chi connectivity index (χ4v) is 1.58. The van der Waals surface area contributed by atoms with E-state index in [0.29, 0.717) is 6.04 Å². The molecule has 0 unspecified atom stereocenters. The Balaban J connectivity index is 2.34. The van der Waals surface area contributed by atoms with Crippen LogP contribution in [0, 0.1) is 0 Å². The van der Waals surface area contributed by atoms with E-state index in [9.17, 15) is 0 Å². The Hall–Kier alpha value is 0.230. The molecule has 66 valence electrons. The molecule has 0 radical (unpaired) electrons. The maximum atomic E-state index is 5.10. The van der Waals surface area contributed by atoms with Gasteiger partial charge in [-0.1, -0.05) is 12.8 Å². The summed E-state index contributed by atoms with van der Waals surface area (Å²) in [6.07, 6.45) is 0. The lowest BCUT2D eigenvalue weighted by Crippen LogP contribution is -2.50. The molecule has 0 aromatic heterocycles. The van der Waals surface area contributed by atoms with E-state index in [2.05, 4.69) is 24.8 Å². The third kappa shape index (κ3) is 2.63. The van der Waals surface area contributed by atoms with Crippen LogP contribution in [0.5, 0.6) is 0 Å². The average Bonchev–Trinajstić information content (AvgIpc) is 1.98. The van der Waals surface area contributed by atoms with E-state index in [1.807, 2.05) is 4.31 Å². The molecular weight excluding hydrogens is 160 g/mol. The summed E-state index contributed by atoms with van der Waals surface area (Å²) in [5.74, 6) is 0. The van der Waals surface area contributed by atoms with Gasteiger partial charge in [0.25, 0.3) is 0 Å². The van der Waals surface area contributed by atoms with Crippen molar-refractivity contribution in [3.05, 3.63) is 0 Å². The fraction of sp³-hybridized carbons (Fsp3) is 1.00. The number of nitrogens with zero attached hydrogens (tertiary/aromatic N) is 2. The van der Waals surface area contributed by atoms with Crippen molar-refractivity contribution in [2.24, 2.45) is 0 Å². The van der Waals surface area contributed by atoms with Crippen molar-refractivity contribution < 1.29 is 4.74 Å². The van der Waals surface area contributed by atoms with Crippen LogP contribution in [0.15, 0.2) is 0 Å². The molecule has 0 aromatic carbocycles. The van der Waals surface area contributed by atoms with Gasteiger partial charge in [0.1, 0.15) is 0 Å². The summed E-state index contributed by atoms with van der Waals surface area (Å²) in [4.78, 5) is 2.32. The van der Waals surface area contributed by atoms with Crippen molar-refractivity contribution in [3.63, 3.8) is 0 Å².